The van der Waals surface area contributed by atoms with Gasteiger partial charge in [-0.15, -0.1) is 11.3 Å². The summed E-state index contributed by atoms with van der Waals surface area (Å²) >= 11 is 7.95. The molecule has 0 aliphatic carbocycles. The van der Waals surface area contributed by atoms with Crippen LogP contribution in [0.4, 0.5) is 5.00 Å². The minimum absolute atomic E-state index is 0.0204. The lowest BCUT2D eigenvalue weighted by Crippen LogP contribution is -2.48. The smallest absolute Gasteiger partial charge is 0.222 e. The number of hydrazone groups is 1. The van der Waals surface area contributed by atoms with E-state index < -0.39 is 0 Å². The van der Waals surface area contributed by atoms with Crippen molar-refractivity contribution in [2.75, 3.05) is 51.2 Å². The van der Waals surface area contributed by atoms with Gasteiger partial charge in [0.05, 0.1) is 18.2 Å². The van der Waals surface area contributed by atoms with Crippen LogP contribution < -0.4 is 15.6 Å². The molecule has 1 unspecified atom stereocenters. The van der Waals surface area contributed by atoms with Gasteiger partial charge in [0.2, 0.25) is 5.91 Å². The second-order valence-electron chi connectivity index (χ2n) is 10.2. The Morgan fingerprint density at radius 1 is 1.16 bits per heavy atom. The van der Waals surface area contributed by atoms with Crippen molar-refractivity contribution in [1.82, 2.24) is 20.5 Å². The summed E-state index contributed by atoms with van der Waals surface area (Å²) in [6.45, 7) is 12.4. The van der Waals surface area contributed by atoms with E-state index in [1.165, 1.54) is 10.4 Å². The molecule has 10 heteroatoms. The van der Waals surface area contributed by atoms with Crippen LogP contribution in [0.2, 0.25) is 5.02 Å². The number of amides is 1. The van der Waals surface area contributed by atoms with Crippen molar-refractivity contribution in [1.29, 1.82) is 0 Å². The van der Waals surface area contributed by atoms with Crippen molar-refractivity contribution in [2.24, 2.45) is 10.1 Å². The number of hydrogen-bond acceptors (Lipinski definition) is 8. The molecule has 0 bridgehead atoms. The van der Waals surface area contributed by atoms with Crippen molar-refractivity contribution in [3.63, 3.8) is 0 Å². The molecule has 4 heterocycles. The fourth-order valence-electron chi connectivity index (χ4n) is 5.21. The van der Waals surface area contributed by atoms with Gasteiger partial charge < -0.3 is 15.1 Å². The molecule has 8 nitrogen and oxygen atoms in total. The van der Waals surface area contributed by atoms with Crippen molar-refractivity contribution in [2.45, 2.75) is 45.8 Å². The van der Waals surface area contributed by atoms with Gasteiger partial charge >= 0.3 is 0 Å². The minimum Gasteiger partial charge on any atom is -0.356 e. The van der Waals surface area contributed by atoms with Crippen LogP contribution in [0.5, 0.6) is 0 Å². The molecule has 3 aliphatic heterocycles. The molecule has 1 amide bonds. The molecule has 5 rings (SSSR count). The second kappa shape index (κ2) is 11.1. The topological polar surface area (TPSA) is 75.6 Å². The van der Waals surface area contributed by atoms with Gasteiger partial charge in [0.1, 0.15) is 17.0 Å². The summed E-state index contributed by atoms with van der Waals surface area (Å²) in [5, 5.41) is 9.48. The first-order valence-electron chi connectivity index (χ1n) is 13.0. The molecule has 1 saturated heterocycles. The molecule has 1 aromatic heterocycles. The number of aryl methyl sites for hydroxylation is 1. The zero-order valence-electron chi connectivity index (χ0n) is 22.1. The number of halogens is 1. The number of rotatable bonds is 7. The maximum Gasteiger partial charge on any atom is 0.222 e. The van der Waals surface area contributed by atoms with Gasteiger partial charge in [-0.2, -0.15) is 5.10 Å². The molecule has 2 N–H and O–H groups in total. The van der Waals surface area contributed by atoms with Crippen LogP contribution in [0.1, 0.15) is 41.3 Å². The van der Waals surface area contributed by atoms with Gasteiger partial charge in [0, 0.05) is 53.8 Å². The highest BCUT2D eigenvalue weighted by molar-refractivity contribution is 7.17. The SMILES string of the molecule is CC1=NNC2[C@@H](CC(=O)NCCCN3CCN(C)CC3)N=C(c3ccc(Cl)cc3)c3c(sc(C)c3C)N12. The molecule has 0 spiro atoms. The Hall–Kier alpha value is -2.46. The van der Waals surface area contributed by atoms with E-state index in [2.05, 4.69) is 51.4 Å². The van der Waals surface area contributed by atoms with E-state index in [4.69, 9.17) is 16.6 Å². The van der Waals surface area contributed by atoms with Crippen LogP contribution >= 0.6 is 22.9 Å². The first kappa shape index (κ1) is 26.2. The average Bonchev–Trinajstić information content (AvgIpc) is 3.35. The third-order valence-electron chi connectivity index (χ3n) is 7.55. The van der Waals surface area contributed by atoms with E-state index in [0.717, 1.165) is 66.8 Å². The number of nitrogens with zero attached hydrogens (tertiary/aromatic N) is 5. The van der Waals surface area contributed by atoms with E-state index in [1.54, 1.807) is 11.3 Å². The molecule has 198 valence electrons. The van der Waals surface area contributed by atoms with Crippen LogP contribution in [0.3, 0.4) is 0 Å². The number of benzene rings is 1. The Kier molecular flexibility index (Phi) is 7.85. The first-order chi connectivity index (χ1) is 17.8. The van der Waals surface area contributed by atoms with Crippen molar-refractivity contribution in [3.05, 3.63) is 50.9 Å². The van der Waals surface area contributed by atoms with E-state index >= 15 is 0 Å². The molecular weight excluding hydrogens is 506 g/mol. The predicted molar refractivity (Wildman–Crippen MR) is 153 cm³/mol. The Labute approximate surface area is 228 Å². The summed E-state index contributed by atoms with van der Waals surface area (Å²) in [6, 6.07) is 7.51. The predicted octanol–water partition coefficient (Wildman–Crippen LogP) is 3.45. The summed E-state index contributed by atoms with van der Waals surface area (Å²) in [4.78, 5) is 26.7. The minimum atomic E-state index is -0.302. The molecule has 2 atom stereocenters. The summed E-state index contributed by atoms with van der Waals surface area (Å²) in [6.07, 6.45) is 1.03. The van der Waals surface area contributed by atoms with Crippen LogP contribution in [0, 0.1) is 13.8 Å². The zero-order chi connectivity index (χ0) is 26.1. The van der Waals surface area contributed by atoms with Crippen LogP contribution in [-0.2, 0) is 4.79 Å². The third-order valence-corrected chi connectivity index (χ3v) is 9.01. The van der Waals surface area contributed by atoms with Gasteiger partial charge in [0.15, 0.2) is 0 Å². The van der Waals surface area contributed by atoms with Crippen LogP contribution in [-0.4, -0.2) is 85.8 Å². The normalized spacial score (nSPS) is 22.0. The maximum absolute atomic E-state index is 13.1. The lowest BCUT2D eigenvalue weighted by Gasteiger charge is -2.32. The molecular formula is C27H36ClN7OS. The summed E-state index contributed by atoms with van der Waals surface area (Å²) < 4.78 is 0. The molecule has 2 aromatic rings. The number of carbonyl (C=O) groups excluding carboxylic acids is 1. The number of fused-ring (bicyclic) bond motifs is 3. The van der Waals surface area contributed by atoms with Crippen molar-refractivity contribution in [3.8, 4) is 0 Å². The standard InChI is InChI=1S/C27H36ClN7OS/c1-17-18(2)37-27-24(17)25(20-6-8-21(28)9-7-20)30-22(26-32-31-19(3)35(26)27)16-23(36)29-10-5-11-34-14-12-33(4)13-15-34/h6-9,22,26,32H,5,10-16H2,1-4H3,(H,29,36)/t22-,26?/m1/s1. The Morgan fingerprint density at radius 2 is 1.89 bits per heavy atom. The lowest BCUT2D eigenvalue weighted by atomic mass is 9.99. The van der Waals surface area contributed by atoms with Crippen LogP contribution in [0.15, 0.2) is 34.4 Å². The van der Waals surface area contributed by atoms with Crippen molar-refractivity contribution >= 4 is 45.4 Å². The number of piperazine rings is 1. The van der Waals surface area contributed by atoms with E-state index in [1.807, 2.05) is 31.2 Å². The third kappa shape index (κ3) is 5.55. The summed E-state index contributed by atoms with van der Waals surface area (Å²) in [5.41, 5.74) is 7.50. The molecule has 37 heavy (non-hydrogen) atoms. The summed E-state index contributed by atoms with van der Waals surface area (Å²) in [5.74, 6) is 0.907. The number of amidine groups is 1. The first-order valence-corrected chi connectivity index (χ1v) is 14.2. The summed E-state index contributed by atoms with van der Waals surface area (Å²) in [7, 11) is 2.17. The fourth-order valence-corrected chi connectivity index (χ4v) is 6.58. The molecule has 0 radical (unpaired) electrons. The molecule has 1 aromatic carbocycles. The highest BCUT2D eigenvalue weighted by atomic mass is 35.5. The second-order valence-corrected chi connectivity index (χ2v) is 11.8. The van der Waals surface area contributed by atoms with Gasteiger partial charge in [-0.05, 0) is 58.5 Å². The average molecular weight is 542 g/mol. The van der Waals surface area contributed by atoms with Gasteiger partial charge in [-0.3, -0.25) is 20.1 Å². The van der Waals surface area contributed by atoms with Gasteiger partial charge in [-0.25, -0.2) is 0 Å². The zero-order valence-corrected chi connectivity index (χ0v) is 23.6. The lowest BCUT2D eigenvalue weighted by molar-refractivity contribution is -0.121. The number of thiophene rings is 1. The van der Waals surface area contributed by atoms with E-state index in [-0.39, 0.29) is 24.5 Å². The number of likely N-dealkylation sites (N-methyl/N-ethyl adjacent to an activating group) is 1. The fraction of sp³-hybridized carbons (Fsp3) is 0.519. The number of aliphatic imine (C=N–C) groups is 1. The number of hydrogen-bond donors (Lipinski definition) is 2. The van der Waals surface area contributed by atoms with Gasteiger partial charge in [-0.1, -0.05) is 23.7 Å². The number of anilines is 1. The largest absolute Gasteiger partial charge is 0.356 e. The van der Waals surface area contributed by atoms with E-state index in [0.29, 0.717) is 11.6 Å². The van der Waals surface area contributed by atoms with Gasteiger partial charge in [0.25, 0.3) is 0 Å². The highest BCUT2D eigenvalue weighted by Crippen LogP contribution is 2.42. The van der Waals surface area contributed by atoms with Crippen LogP contribution in [0.25, 0.3) is 0 Å². The quantitative estimate of drug-likeness (QED) is 0.525. The molecule has 0 saturated carbocycles. The Morgan fingerprint density at radius 3 is 2.62 bits per heavy atom. The maximum atomic E-state index is 13.1. The molecule has 3 aliphatic rings. The highest BCUT2D eigenvalue weighted by Gasteiger charge is 2.40. The molecule has 1 fully saturated rings. The number of carbonyl (C=O) groups is 1. The Bertz CT molecular complexity index is 1200. The Balaban J connectivity index is 1.34. The van der Waals surface area contributed by atoms with Crippen molar-refractivity contribution < 1.29 is 4.79 Å². The monoisotopic (exact) mass is 541 g/mol. The van der Waals surface area contributed by atoms with E-state index in [9.17, 15) is 4.79 Å². The number of nitrogens with one attached hydrogen (secondary N) is 2.